The Bertz CT molecular complexity index is 932. The van der Waals surface area contributed by atoms with Crippen LogP contribution in [0.4, 0.5) is 0 Å². The minimum absolute atomic E-state index is 0.0171. The molecule has 0 aromatic carbocycles. The van der Waals surface area contributed by atoms with Gasteiger partial charge in [-0.1, -0.05) is 160 Å². The number of unbranched alkanes of at least 4 members (excludes halogenated alkanes) is 1. The predicted molar refractivity (Wildman–Crippen MR) is 285 cm³/mol. The van der Waals surface area contributed by atoms with E-state index in [0.717, 1.165) is 19.3 Å². The van der Waals surface area contributed by atoms with Gasteiger partial charge in [0.05, 0.1) is 12.5 Å². The highest BCUT2D eigenvalue weighted by atomic mass is 28.4. The molecule has 0 aliphatic carbocycles. The molecule has 14 heteroatoms. The Labute approximate surface area is 383 Å². The van der Waals surface area contributed by atoms with Gasteiger partial charge in [0, 0.05) is 0 Å². The Hall–Kier alpha value is 1.05. The summed E-state index contributed by atoms with van der Waals surface area (Å²) in [6.45, 7) is 26.0. The van der Waals surface area contributed by atoms with E-state index in [9.17, 15) is 4.79 Å². The van der Waals surface area contributed by atoms with Crippen molar-refractivity contribution in [3.8, 4) is 0 Å². The lowest BCUT2D eigenvalue weighted by atomic mass is 10.1. The third-order valence-electron chi connectivity index (χ3n) is 13.1. The first-order chi connectivity index (χ1) is 28.5. The minimum Gasteiger partial charge on any atom is -0.465 e. The van der Waals surface area contributed by atoms with E-state index in [0.29, 0.717) is 6.61 Å². The Morgan fingerprint density at radius 3 is 0.898 bits per heavy atom. The van der Waals surface area contributed by atoms with E-state index in [1.54, 1.807) is 0 Å². The summed E-state index contributed by atoms with van der Waals surface area (Å²) in [5, 5.41) is 0. The van der Waals surface area contributed by atoms with Crippen molar-refractivity contribution in [2.45, 2.75) is 269 Å². The van der Waals surface area contributed by atoms with Crippen molar-refractivity contribution >= 4 is 78.3 Å². The zero-order valence-electron chi connectivity index (χ0n) is 42.0. The lowest BCUT2D eigenvalue weighted by molar-refractivity contribution is -0.148. The molecule has 0 heterocycles. The third-order valence-corrected chi connectivity index (χ3v) is 45.8. The summed E-state index contributed by atoms with van der Waals surface area (Å²) in [5.41, 5.74) is 0. The van der Waals surface area contributed by atoms with E-state index in [1.165, 1.54) is 174 Å². The summed E-state index contributed by atoms with van der Waals surface area (Å²) in [4.78, 5) is 12.0. The zero-order chi connectivity index (χ0) is 44.1. The van der Waals surface area contributed by atoms with Crippen molar-refractivity contribution in [1.29, 1.82) is 0 Å². The van der Waals surface area contributed by atoms with Crippen LogP contribution >= 0.6 is 0 Å². The molecule has 0 N–H and O–H groups in total. The van der Waals surface area contributed by atoms with Crippen molar-refractivity contribution in [2.24, 2.45) is 5.92 Å². The van der Waals surface area contributed by atoms with Crippen LogP contribution in [-0.4, -0.2) is 84.9 Å². The third kappa shape index (κ3) is 27.2. The molecule has 0 rings (SSSR count). The maximum absolute atomic E-state index is 12.0. The van der Waals surface area contributed by atoms with E-state index >= 15 is 0 Å². The first-order valence-electron chi connectivity index (χ1n) is 26.3. The summed E-state index contributed by atoms with van der Waals surface area (Å²) >= 11 is 0. The second kappa shape index (κ2) is 38.3. The Morgan fingerprint density at radius 1 is 0.390 bits per heavy atom. The van der Waals surface area contributed by atoms with Crippen LogP contribution in [0.2, 0.25) is 96.7 Å². The van der Waals surface area contributed by atoms with Crippen molar-refractivity contribution in [1.82, 2.24) is 0 Å². The van der Waals surface area contributed by atoms with Gasteiger partial charge in [-0.2, -0.15) is 0 Å². The summed E-state index contributed by atoms with van der Waals surface area (Å²) < 4.78 is 34.2. The van der Waals surface area contributed by atoms with Crippen molar-refractivity contribution < 1.29 is 26.0 Å². The van der Waals surface area contributed by atoms with Gasteiger partial charge in [-0.15, -0.1) is 0 Å². The average Bonchev–Trinajstić information content (AvgIpc) is 3.20. The van der Waals surface area contributed by atoms with E-state index in [-0.39, 0.29) is 11.9 Å². The number of ether oxygens (including phenoxy) is 1. The number of carbonyl (C=O) groups is 1. The maximum Gasteiger partial charge on any atom is 0.308 e. The molecule has 1 atom stereocenters. The van der Waals surface area contributed by atoms with Gasteiger partial charge in [0.2, 0.25) is 0 Å². The van der Waals surface area contributed by atoms with Gasteiger partial charge < -0.3 is 21.2 Å². The van der Waals surface area contributed by atoms with Crippen LogP contribution in [0, 0.1) is 5.92 Å². The normalized spacial score (nSPS) is 14.2. The number of carbonyl (C=O) groups excluding carboxylic acids is 1. The maximum atomic E-state index is 12.0. The number of esters is 1. The molecule has 0 aromatic heterocycles. The summed E-state index contributed by atoms with van der Waals surface area (Å²) in [6.07, 6.45) is 18.6. The van der Waals surface area contributed by atoms with Crippen LogP contribution < -0.4 is 0 Å². The van der Waals surface area contributed by atoms with Crippen LogP contribution in [0.5, 0.6) is 0 Å². The van der Waals surface area contributed by atoms with Gasteiger partial charge in [0.1, 0.15) is 39.1 Å². The Morgan fingerprint density at radius 2 is 0.644 bits per heavy atom. The molecule has 0 aliphatic rings. The molecule has 0 saturated heterocycles. The van der Waals surface area contributed by atoms with Crippen molar-refractivity contribution in [2.75, 3.05) is 6.61 Å². The molecule has 0 saturated carbocycles. The molecule has 0 bridgehead atoms. The van der Waals surface area contributed by atoms with Crippen molar-refractivity contribution in [3.63, 3.8) is 0 Å². The van der Waals surface area contributed by atoms with E-state index in [4.69, 9.17) is 21.2 Å². The fourth-order valence-corrected chi connectivity index (χ4v) is 43.6. The van der Waals surface area contributed by atoms with Gasteiger partial charge in [-0.25, -0.2) is 0 Å². The molecular formula is C45H106O6Si8. The monoisotopic (exact) mass is 967 g/mol. The van der Waals surface area contributed by atoms with Crippen molar-refractivity contribution in [3.05, 3.63) is 0 Å². The first-order valence-corrected chi connectivity index (χ1v) is 42.7. The summed E-state index contributed by atoms with van der Waals surface area (Å²) in [6, 6.07) is 21.7. The van der Waals surface area contributed by atoms with Crippen LogP contribution in [0.1, 0.15) is 172 Å². The highest BCUT2D eigenvalue weighted by Crippen LogP contribution is 2.33. The molecule has 6 nitrogen and oxygen atoms in total. The fraction of sp³-hybridized carbons (Fsp3) is 0.978. The van der Waals surface area contributed by atoms with Gasteiger partial charge in [-0.3, -0.25) is 4.79 Å². The average molecular weight is 968 g/mol. The molecule has 0 radical (unpaired) electrons. The van der Waals surface area contributed by atoms with Crippen LogP contribution in [0.15, 0.2) is 0 Å². The number of rotatable bonds is 45. The lowest BCUT2D eigenvalue weighted by Gasteiger charge is -2.34. The zero-order valence-corrected chi connectivity index (χ0v) is 51.6. The Kier molecular flexibility index (Phi) is 39.0. The highest BCUT2D eigenvalue weighted by molar-refractivity contribution is 6.79. The molecule has 59 heavy (non-hydrogen) atoms. The van der Waals surface area contributed by atoms with Gasteiger partial charge in [0.15, 0.2) is 33.3 Å². The minimum atomic E-state index is -1.68. The number of hydrogen-bond donors (Lipinski definition) is 0. The second-order valence-corrected chi connectivity index (χ2v) is 43.3. The summed E-state index contributed by atoms with van der Waals surface area (Å²) in [7, 11) is -8.41. The van der Waals surface area contributed by atoms with E-state index in [2.05, 4.69) is 62.3 Å². The highest BCUT2D eigenvalue weighted by Gasteiger charge is 2.36. The van der Waals surface area contributed by atoms with Crippen LogP contribution in [0.3, 0.4) is 0 Å². The standard InChI is InChI=1S/C45H106O6Si8/c1-12-32-56(33-13-2,34-14-3)48-53-29-24-42-58(37-17-6,38-18-7)50-55-31-26-43-59(39-19-8,40-20-9)51-54-30-25-41-57(35-15-4,36-16-5)49-52-28-23-22-27-47-45(46)44(11)21-10/h44H,12-43,52-55H2,1-11H3. The predicted octanol–water partition coefficient (Wildman–Crippen LogP) is 13.1. The van der Waals surface area contributed by atoms with Crippen LogP contribution in [-0.2, 0) is 26.0 Å². The van der Waals surface area contributed by atoms with Gasteiger partial charge >= 0.3 is 5.97 Å². The lowest BCUT2D eigenvalue weighted by Crippen LogP contribution is -2.41. The topological polar surface area (TPSA) is 63.2 Å². The molecule has 354 valence electrons. The smallest absolute Gasteiger partial charge is 0.308 e. The second-order valence-electron chi connectivity index (χ2n) is 18.8. The first kappa shape index (κ1) is 60.0. The molecule has 1 unspecified atom stereocenters. The quantitative estimate of drug-likeness (QED) is 0.0344. The van der Waals surface area contributed by atoms with E-state index < -0.39 is 72.3 Å². The molecule has 0 aliphatic heterocycles. The Balaban J connectivity index is 5.12. The van der Waals surface area contributed by atoms with Crippen LogP contribution in [0.25, 0.3) is 0 Å². The molecule has 0 fully saturated rings. The molecular weight excluding hydrogens is 861 g/mol. The molecule has 0 amide bonds. The molecule has 0 spiro atoms. The fourth-order valence-electron chi connectivity index (χ4n) is 10.1. The van der Waals surface area contributed by atoms with E-state index in [1.807, 2.05) is 13.8 Å². The molecule has 0 aromatic rings. The largest absolute Gasteiger partial charge is 0.465 e. The van der Waals surface area contributed by atoms with Gasteiger partial charge in [0.25, 0.3) is 0 Å². The summed E-state index contributed by atoms with van der Waals surface area (Å²) in [5.74, 6) is -0.0179. The number of hydrogen-bond acceptors (Lipinski definition) is 6. The SMILES string of the molecule is CCC[Si](CCC)(CCC)O[SiH2]CCC[Si](CCC)(CCC)O[SiH2]CCC[Si](CCC)(CCC)O[SiH2]CCC[Si](CCC)(CCC)O[SiH2]CCCCOC(=O)C(C)CC. The van der Waals surface area contributed by atoms with Gasteiger partial charge in [-0.05, 0) is 110 Å².